The maximum atomic E-state index is 14.6. The molecule has 1 heterocycles. The molecule has 0 spiro atoms. The molecule has 4 rings (SSSR count). The maximum absolute atomic E-state index is 14.6. The van der Waals surface area contributed by atoms with Crippen molar-refractivity contribution in [3.63, 3.8) is 0 Å². The van der Waals surface area contributed by atoms with Crippen LogP contribution in [0.3, 0.4) is 0 Å². The second kappa shape index (κ2) is 9.85. The smallest absolute Gasteiger partial charge is 0.416 e. The van der Waals surface area contributed by atoms with E-state index in [-0.39, 0.29) is 23.4 Å². The average Bonchev–Trinajstić information content (AvgIpc) is 3.25. The topological polar surface area (TPSA) is 54.3 Å². The van der Waals surface area contributed by atoms with Crippen LogP contribution < -0.4 is 10.6 Å². The van der Waals surface area contributed by atoms with E-state index in [2.05, 4.69) is 10.6 Å². The molecule has 2 N–H and O–H groups in total. The number of alkyl halides is 3. The summed E-state index contributed by atoms with van der Waals surface area (Å²) in [6.45, 7) is 1.64. The molecule has 0 saturated heterocycles. The number of anilines is 1. The van der Waals surface area contributed by atoms with Crippen molar-refractivity contribution < 1.29 is 31.2 Å². The Morgan fingerprint density at radius 3 is 2.19 bits per heavy atom. The number of nitrogens with one attached hydrogen (secondary N) is 2. The van der Waals surface area contributed by atoms with Crippen molar-refractivity contribution in [3.8, 4) is 0 Å². The summed E-state index contributed by atoms with van der Waals surface area (Å²) in [7, 11) is 0. The van der Waals surface area contributed by atoms with E-state index in [1.165, 1.54) is 24.3 Å². The molecule has 0 fully saturated rings. The van der Waals surface area contributed by atoms with Gasteiger partial charge in [-0.15, -0.1) is 0 Å². The first kappa shape index (κ1) is 25.0. The van der Waals surface area contributed by atoms with Gasteiger partial charge in [0.1, 0.15) is 28.7 Å². The van der Waals surface area contributed by atoms with Gasteiger partial charge in [-0.3, -0.25) is 0 Å². The number of rotatable bonds is 6. The van der Waals surface area contributed by atoms with Crippen LogP contribution in [0, 0.1) is 18.6 Å². The fraction of sp³-hybridized carbons (Fsp3) is 0.148. The molecule has 2 amide bonds. The van der Waals surface area contributed by atoms with Gasteiger partial charge in [-0.05, 0) is 66.6 Å². The van der Waals surface area contributed by atoms with E-state index in [0.29, 0.717) is 17.4 Å². The van der Waals surface area contributed by atoms with Gasteiger partial charge >= 0.3 is 12.2 Å². The predicted octanol–water partition coefficient (Wildman–Crippen LogP) is 7.19. The molecule has 1 aromatic heterocycles. The number of amides is 2. The molecule has 1 atom stereocenters. The summed E-state index contributed by atoms with van der Waals surface area (Å²) in [5, 5.41) is 5.18. The molecule has 36 heavy (non-hydrogen) atoms. The Bertz CT molecular complexity index is 1370. The van der Waals surface area contributed by atoms with Crippen LogP contribution in [0.2, 0.25) is 0 Å². The third-order valence-corrected chi connectivity index (χ3v) is 5.60. The first-order valence-corrected chi connectivity index (χ1v) is 10.9. The lowest BCUT2D eigenvalue weighted by Crippen LogP contribution is -2.50. The van der Waals surface area contributed by atoms with E-state index in [1.54, 1.807) is 43.3 Å². The summed E-state index contributed by atoms with van der Waals surface area (Å²) < 4.78 is 74.9. The molecule has 0 aliphatic rings. The van der Waals surface area contributed by atoms with Gasteiger partial charge in [-0.25, -0.2) is 13.6 Å². The normalized spacial score (nSPS) is 13.2. The third kappa shape index (κ3) is 5.56. The van der Waals surface area contributed by atoms with Crippen LogP contribution >= 0.6 is 0 Å². The van der Waals surface area contributed by atoms with Crippen molar-refractivity contribution >= 4 is 11.7 Å². The van der Waals surface area contributed by atoms with E-state index < -0.39 is 34.9 Å². The summed E-state index contributed by atoms with van der Waals surface area (Å²) in [6.07, 6.45) is -4.91. The summed E-state index contributed by atoms with van der Waals surface area (Å²) >= 11 is 0. The van der Waals surface area contributed by atoms with Gasteiger partial charge in [-0.1, -0.05) is 36.4 Å². The van der Waals surface area contributed by atoms with Gasteiger partial charge in [0.05, 0.1) is 5.56 Å². The summed E-state index contributed by atoms with van der Waals surface area (Å²) in [6, 6.07) is 18.1. The van der Waals surface area contributed by atoms with Crippen molar-refractivity contribution in [1.82, 2.24) is 5.32 Å². The molecule has 0 aliphatic carbocycles. The van der Waals surface area contributed by atoms with E-state index in [0.717, 1.165) is 18.2 Å². The third-order valence-electron chi connectivity index (χ3n) is 5.60. The van der Waals surface area contributed by atoms with Crippen molar-refractivity contribution in [2.24, 2.45) is 0 Å². The highest BCUT2D eigenvalue weighted by Crippen LogP contribution is 2.39. The highest BCUT2D eigenvalue weighted by Gasteiger charge is 2.42. The zero-order valence-corrected chi connectivity index (χ0v) is 19.0. The first-order valence-electron chi connectivity index (χ1n) is 10.9. The molecule has 9 heteroatoms. The van der Waals surface area contributed by atoms with Gasteiger partial charge in [-0.2, -0.15) is 13.2 Å². The quantitative estimate of drug-likeness (QED) is 0.275. The lowest BCUT2D eigenvalue weighted by atomic mass is 9.80. The number of carbonyl (C=O) groups is 1. The number of benzene rings is 3. The standard InChI is InChI=1S/C27H21F5N2O2/c1-17-10-11-24(36-17)26(16-18-6-3-2-4-7-18,19-12-20(27(30,31)32)14-22(29)13-19)34-25(35)33-23-9-5-8-21(28)15-23/h2-15H,16H2,1H3,(H2,33,34,35). The number of hydrogen-bond donors (Lipinski definition) is 2. The summed E-state index contributed by atoms with van der Waals surface area (Å²) in [5.41, 5.74) is -2.40. The second-order valence-electron chi connectivity index (χ2n) is 8.29. The van der Waals surface area contributed by atoms with Crippen LogP contribution in [-0.4, -0.2) is 6.03 Å². The van der Waals surface area contributed by atoms with Crippen molar-refractivity contribution in [2.45, 2.75) is 25.1 Å². The molecular weight excluding hydrogens is 479 g/mol. The van der Waals surface area contributed by atoms with Crippen LogP contribution in [0.25, 0.3) is 0 Å². The average molecular weight is 500 g/mol. The molecule has 3 aromatic carbocycles. The van der Waals surface area contributed by atoms with Crippen molar-refractivity contribution in [3.05, 3.63) is 125 Å². The van der Waals surface area contributed by atoms with Crippen molar-refractivity contribution in [2.75, 3.05) is 5.32 Å². The zero-order chi connectivity index (χ0) is 25.9. The van der Waals surface area contributed by atoms with Gasteiger partial charge in [0.25, 0.3) is 0 Å². The number of furan rings is 1. The maximum Gasteiger partial charge on any atom is 0.416 e. The fourth-order valence-corrected chi connectivity index (χ4v) is 4.00. The van der Waals surface area contributed by atoms with Crippen molar-refractivity contribution in [1.29, 1.82) is 0 Å². The van der Waals surface area contributed by atoms with Crippen LogP contribution in [0.15, 0.2) is 89.3 Å². The second-order valence-corrected chi connectivity index (χ2v) is 8.29. The number of urea groups is 1. The van der Waals surface area contributed by atoms with E-state index in [4.69, 9.17) is 4.42 Å². The monoisotopic (exact) mass is 500 g/mol. The molecule has 0 aliphatic heterocycles. The number of halogens is 5. The first-order chi connectivity index (χ1) is 17.0. The van der Waals surface area contributed by atoms with Gasteiger partial charge < -0.3 is 15.1 Å². The summed E-state index contributed by atoms with van der Waals surface area (Å²) in [5.74, 6) is -1.20. The highest BCUT2D eigenvalue weighted by molar-refractivity contribution is 5.90. The molecule has 0 saturated carbocycles. The SMILES string of the molecule is Cc1ccc(C(Cc2ccccc2)(NC(=O)Nc2cccc(F)c2)c2cc(F)cc(C(F)(F)F)c2)o1. The number of aryl methyl sites for hydroxylation is 1. The molecule has 0 radical (unpaired) electrons. The van der Waals surface area contributed by atoms with Crippen LogP contribution in [-0.2, 0) is 18.1 Å². The minimum absolute atomic E-state index is 0.0713. The molecular formula is C27H21F5N2O2. The predicted molar refractivity (Wildman–Crippen MR) is 124 cm³/mol. The highest BCUT2D eigenvalue weighted by atomic mass is 19.4. The lowest BCUT2D eigenvalue weighted by Gasteiger charge is -2.34. The van der Waals surface area contributed by atoms with E-state index in [9.17, 15) is 26.7 Å². The zero-order valence-electron chi connectivity index (χ0n) is 19.0. The molecule has 0 bridgehead atoms. The van der Waals surface area contributed by atoms with Crippen LogP contribution in [0.4, 0.5) is 32.4 Å². The molecule has 4 nitrogen and oxygen atoms in total. The van der Waals surface area contributed by atoms with Crippen LogP contribution in [0.1, 0.15) is 28.2 Å². The molecule has 186 valence electrons. The van der Waals surface area contributed by atoms with Gasteiger partial charge in [0, 0.05) is 12.1 Å². The number of hydrogen-bond acceptors (Lipinski definition) is 2. The Kier molecular flexibility index (Phi) is 6.83. The summed E-state index contributed by atoms with van der Waals surface area (Å²) in [4.78, 5) is 13.1. The minimum Gasteiger partial charge on any atom is -0.463 e. The Morgan fingerprint density at radius 1 is 0.833 bits per heavy atom. The van der Waals surface area contributed by atoms with E-state index >= 15 is 0 Å². The molecule has 1 unspecified atom stereocenters. The Labute approximate surface area is 203 Å². The van der Waals surface area contributed by atoms with Gasteiger partial charge in [0.15, 0.2) is 0 Å². The van der Waals surface area contributed by atoms with Gasteiger partial charge in [0.2, 0.25) is 0 Å². The Hall–Kier alpha value is -4.14. The minimum atomic E-state index is -4.84. The van der Waals surface area contributed by atoms with Crippen LogP contribution in [0.5, 0.6) is 0 Å². The van der Waals surface area contributed by atoms with E-state index in [1.807, 2.05) is 0 Å². The Morgan fingerprint density at radius 2 is 1.56 bits per heavy atom. The lowest BCUT2D eigenvalue weighted by molar-refractivity contribution is -0.137. The fourth-order valence-electron chi connectivity index (χ4n) is 4.00. The Balaban J connectivity index is 1.89. The molecule has 4 aromatic rings. The largest absolute Gasteiger partial charge is 0.463 e. The number of carbonyl (C=O) groups excluding carboxylic acids is 1.